The Morgan fingerprint density at radius 3 is 2.77 bits per heavy atom. The number of carboxylic acid groups (broad SMARTS) is 1. The van der Waals surface area contributed by atoms with Crippen molar-refractivity contribution in [3.05, 3.63) is 41.6 Å². The number of aromatic nitrogens is 5. The summed E-state index contributed by atoms with van der Waals surface area (Å²) in [5, 5.41) is 23.5. The number of aliphatic carboxylic acids is 1. The molecular weight excluding hydrogens is 663 g/mol. The zero-order chi connectivity index (χ0) is 29.3. The summed E-state index contributed by atoms with van der Waals surface area (Å²) in [6.07, 6.45) is 3.61. The van der Waals surface area contributed by atoms with Gasteiger partial charge in [-0.2, -0.15) is 9.36 Å². The van der Waals surface area contributed by atoms with E-state index in [9.17, 15) is 19.5 Å². The second kappa shape index (κ2) is 14.5. The van der Waals surface area contributed by atoms with Gasteiger partial charge in [0.25, 0.3) is 11.8 Å². The molecule has 0 radical (unpaired) electrons. The molecule has 5 rings (SSSR count). The summed E-state index contributed by atoms with van der Waals surface area (Å²) in [4.78, 5) is 50.2. The Hall–Kier alpha value is -3.16. The van der Waals surface area contributed by atoms with Crippen molar-refractivity contribution in [1.82, 2.24) is 34.1 Å². The number of carbonyl (C=O) groups is 3. The van der Waals surface area contributed by atoms with Gasteiger partial charge in [-0.1, -0.05) is 10.3 Å². The summed E-state index contributed by atoms with van der Waals surface area (Å²) < 4.78 is 7.56. The van der Waals surface area contributed by atoms with Crippen LogP contribution in [0.1, 0.15) is 5.82 Å². The van der Waals surface area contributed by atoms with E-state index in [4.69, 9.17) is 10.6 Å². The maximum absolute atomic E-state index is 13.1. The molecule has 1 saturated heterocycles. The van der Waals surface area contributed by atoms with Crippen LogP contribution in [0.15, 0.2) is 46.0 Å². The Morgan fingerprint density at radius 1 is 1.35 bits per heavy atom. The largest absolute Gasteiger partial charge is 0.543 e. The van der Waals surface area contributed by atoms with E-state index in [0.29, 0.717) is 11.3 Å². The fourth-order valence-corrected chi connectivity index (χ4v) is 7.07. The number of nitrogens with two attached hydrogens (primary N) is 1. The van der Waals surface area contributed by atoms with E-state index in [1.807, 2.05) is 37.0 Å². The lowest BCUT2D eigenvalue weighted by atomic mass is 10.0. The number of nitrogens with one attached hydrogen (secondary N) is 1. The zero-order valence-electron chi connectivity index (χ0n) is 23.0. The highest BCUT2D eigenvalue weighted by molar-refractivity contribution is 8.00. The van der Waals surface area contributed by atoms with Crippen molar-refractivity contribution < 1.29 is 28.9 Å². The van der Waals surface area contributed by atoms with Crippen molar-refractivity contribution in [3.63, 3.8) is 0 Å². The second-order valence-electron chi connectivity index (χ2n) is 9.23. The summed E-state index contributed by atoms with van der Waals surface area (Å²) >= 11 is 3.86. The van der Waals surface area contributed by atoms with Crippen LogP contribution in [0.2, 0.25) is 0 Å². The minimum Gasteiger partial charge on any atom is -0.543 e. The molecule has 2 aliphatic rings. The Labute approximate surface area is 270 Å². The van der Waals surface area contributed by atoms with E-state index in [1.54, 1.807) is 22.5 Å². The Balaban J connectivity index is 0.00000253. The number of amides is 2. The van der Waals surface area contributed by atoms with E-state index >= 15 is 0 Å². The monoisotopic (exact) mass is 690 g/mol. The maximum atomic E-state index is 13.1. The number of hydrogen-bond acceptors (Lipinski definition) is 14. The molecule has 0 saturated carbocycles. The molecule has 5 heterocycles. The highest BCUT2D eigenvalue weighted by Crippen LogP contribution is 2.40. The number of anilines is 1. The lowest BCUT2D eigenvalue weighted by Crippen LogP contribution is -2.71. The topological polar surface area (TPSA) is 187 Å². The molecule has 15 nitrogen and oxygen atoms in total. The van der Waals surface area contributed by atoms with Crippen molar-refractivity contribution in [2.45, 2.75) is 23.0 Å². The zero-order valence-corrected chi connectivity index (χ0v) is 27.1. The normalized spacial score (nSPS) is 18.1. The van der Waals surface area contributed by atoms with Crippen molar-refractivity contribution in [2.75, 3.05) is 45.0 Å². The quantitative estimate of drug-likeness (QED) is 0.0823. The third-order valence-electron chi connectivity index (χ3n) is 6.23. The molecule has 3 N–H and O–H groups in total. The number of halogens is 2. The van der Waals surface area contributed by atoms with Gasteiger partial charge in [-0.15, -0.1) is 52.9 Å². The van der Waals surface area contributed by atoms with E-state index in [0.717, 1.165) is 39.4 Å². The number of β-lactam (4-membered cyclic amide) rings is 1. The van der Waals surface area contributed by atoms with Crippen molar-refractivity contribution in [3.8, 4) is 0 Å². The average molecular weight is 692 g/mol. The predicted molar refractivity (Wildman–Crippen MR) is 164 cm³/mol. The first kappa shape index (κ1) is 34.3. The number of carboxylic acids is 1. The van der Waals surface area contributed by atoms with E-state index in [2.05, 4.69) is 29.8 Å². The minimum atomic E-state index is -1.46. The van der Waals surface area contributed by atoms with E-state index in [-0.39, 0.29) is 53.7 Å². The molecule has 2 atom stereocenters. The Bertz CT molecular complexity index is 1580. The van der Waals surface area contributed by atoms with Gasteiger partial charge in [0.05, 0.1) is 11.7 Å². The number of hydrogen-bond donors (Lipinski definition) is 2. The molecule has 1 fully saturated rings. The molecule has 2 aliphatic heterocycles. The molecule has 0 bridgehead atoms. The highest BCUT2D eigenvalue weighted by Gasteiger charge is 2.53. The number of oxime groups is 1. The number of nitrogens with zero attached hydrogens (tertiary/aromatic N) is 8. The third kappa shape index (κ3) is 7.15. The van der Waals surface area contributed by atoms with Gasteiger partial charge < -0.3 is 30.7 Å². The number of imidazole rings is 1. The van der Waals surface area contributed by atoms with Gasteiger partial charge in [-0.25, -0.2) is 4.57 Å². The third-order valence-corrected chi connectivity index (χ3v) is 9.01. The van der Waals surface area contributed by atoms with Gasteiger partial charge in [0.15, 0.2) is 11.3 Å². The van der Waals surface area contributed by atoms with Crippen LogP contribution in [-0.4, -0.2) is 103 Å². The summed E-state index contributed by atoms with van der Waals surface area (Å²) in [5.74, 6) is -1.64. The minimum absolute atomic E-state index is 0. The van der Waals surface area contributed by atoms with Crippen LogP contribution in [0.5, 0.6) is 0 Å². The number of fused-ring (bicyclic) bond motifs is 2. The Morgan fingerprint density at radius 2 is 2.12 bits per heavy atom. The molecule has 2 amide bonds. The van der Waals surface area contributed by atoms with Crippen LogP contribution in [0.4, 0.5) is 5.13 Å². The number of thioether (sulfide) groups is 2. The van der Waals surface area contributed by atoms with Crippen LogP contribution in [0.25, 0.3) is 5.65 Å². The number of carbonyl (C=O) groups excluding carboxylic acids is 3. The molecule has 0 spiro atoms. The van der Waals surface area contributed by atoms with Crippen LogP contribution >= 0.6 is 59.9 Å². The number of rotatable bonds is 11. The summed E-state index contributed by atoms with van der Waals surface area (Å²) in [5.41, 5.74) is 6.43. The Kier molecular flexibility index (Phi) is 11.6. The van der Waals surface area contributed by atoms with E-state index < -0.39 is 29.2 Å². The molecule has 20 heteroatoms. The van der Waals surface area contributed by atoms with Crippen molar-refractivity contribution in [2.24, 2.45) is 5.16 Å². The molecular formula is C23H28Cl2N10O5S3. The summed E-state index contributed by atoms with van der Waals surface area (Å²) in [7, 11) is 5.29. The molecule has 0 aromatic carbocycles. The molecule has 0 aliphatic carbocycles. The molecule has 3 aromatic rings. The van der Waals surface area contributed by atoms with Gasteiger partial charge in [0.2, 0.25) is 11.5 Å². The van der Waals surface area contributed by atoms with Crippen LogP contribution in [-0.2, 0) is 25.8 Å². The summed E-state index contributed by atoms with van der Waals surface area (Å²) in [6.45, 7) is 1.14. The molecule has 0 unspecified atom stereocenters. The van der Waals surface area contributed by atoms with Crippen LogP contribution in [0.3, 0.4) is 0 Å². The van der Waals surface area contributed by atoms with Gasteiger partial charge >= 0.3 is 5.65 Å². The lowest BCUT2D eigenvalue weighted by molar-refractivity contribution is -0.662. The van der Waals surface area contributed by atoms with E-state index in [1.165, 1.54) is 18.9 Å². The average Bonchev–Trinajstić information content (AvgIpc) is 3.55. The fraction of sp³-hybridized carbons (Fsp3) is 0.391. The highest BCUT2D eigenvalue weighted by atomic mass is 35.5. The smallest absolute Gasteiger partial charge is 0.307 e. The van der Waals surface area contributed by atoms with Crippen LogP contribution < -0.4 is 20.7 Å². The SMILES string of the molecule is CO/N=C(\C(=O)N[C@@H]1C(=O)N2C(C(=O)[O-])=C(C[n+]3ccn4nc(SCCN(C)C)ccc43)CS[C@H]12)c1nsc(N)n1.Cl.Cl. The predicted octanol–water partition coefficient (Wildman–Crippen LogP) is -0.993. The second-order valence-corrected chi connectivity index (χ2v) is 12.2. The van der Waals surface area contributed by atoms with Gasteiger partial charge in [-0.05, 0) is 20.2 Å². The van der Waals surface area contributed by atoms with Crippen molar-refractivity contribution >= 4 is 94.1 Å². The molecule has 3 aromatic heterocycles. The first-order valence-corrected chi connectivity index (χ1v) is 15.0. The first-order chi connectivity index (χ1) is 19.7. The summed E-state index contributed by atoms with van der Waals surface area (Å²) in [6, 6.07) is 2.86. The van der Waals surface area contributed by atoms with Gasteiger partial charge in [-0.3, -0.25) is 14.5 Å². The lowest BCUT2D eigenvalue weighted by Gasteiger charge is -2.50. The van der Waals surface area contributed by atoms with Gasteiger partial charge in [0.1, 0.15) is 36.3 Å². The molecule has 43 heavy (non-hydrogen) atoms. The standard InChI is InChI=1S/C23H26N10O5S3.2ClH/c1-30(2)8-9-39-13-4-5-14-31(6-7-32(14)27-13)10-12-11-40-21-16(20(35)33(21)17(12)22(36)37)25-19(34)15(28-38-3)18-26-23(24)41-29-18;;/h4-7,16,21H,8-11H2,1-3H3,(H3-,24,25,26,29,34,36,37);2*1H/b28-15-;;/t16-,21-;;/m1../s1. The van der Waals surface area contributed by atoms with Gasteiger partial charge in [0, 0.05) is 41.2 Å². The van der Waals surface area contributed by atoms with Crippen molar-refractivity contribution in [1.29, 1.82) is 0 Å². The maximum Gasteiger partial charge on any atom is 0.307 e. The number of nitrogen functional groups attached to an aromatic ring is 1. The fourth-order valence-electron chi connectivity index (χ4n) is 4.33. The first-order valence-electron chi connectivity index (χ1n) is 12.2. The molecule has 232 valence electrons. The van der Waals surface area contributed by atoms with Crippen LogP contribution in [0, 0.1) is 0 Å².